The molecule has 0 amide bonds. The second-order valence-electron chi connectivity index (χ2n) is 6.82. The molecule has 3 rings (SSSR count). The van der Waals surface area contributed by atoms with Gasteiger partial charge >= 0.3 is 0 Å². The van der Waals surface area contributed by atoms with Crippen LogP contribution < -0.4 is 5.32 Å². The molecule has 2 saturated heterocycles. The van der Waals surface area contributed by atoms with Gasteiger partial charge in [0.2, 0.25) is 0 Å². The van der Waals surface area contributed by atoms with Crippen molar-refractivity contribution in [2.45, 2.75) is 51.0 Å². The van der Waals surface area contributed by atoms with Gasteiger partial charge in [-0.3, -0.25) is 4.90 Å². The Labute approximate surface area is 118 Å². The van der Waals surface area contributed by atoms with Crippen molar-refractivity contribution >= 4 is 0 Å². The normalized spacial score (nSPS) is 29.7. The van der Waals surface area contributed by atoms with Crippen LogP contribution in [0.4, 0.5) is 0 Å². The summed E-state index contributed by atoms with van der Waals surface area (Å²) in [5, 5.41) is 3.48. The Kier molecular flexibility index (Phi) is 5.14. The minimum atomic E-state index is 0.929. The van der Waals surface area contributed by atoms with Crippen molar-refractivity contribution < 1.29 is 0 Å². The summed E-state index contributed by atoms with van der Waals surface area (Å²) < 4.78 is 0. The van der Waals surface area contributed by atoms with Crippen LogP contribution in [0, 0.1) is 5.92 Å². The summed E-state index contributed by atoms with van der Waals surface area (Å²) in [6.45, 7) is 9.19. The first-order chi connectivity index (χ1) is 9.42. The van der Waals surface area contributed by atoms with E-state index in [4.69, 9.17) is 0 Å². The summed E-state index contributed by atoms with van der Waals surface area (Å²) in [5.41, 5.74) is 0. The molecule has 0 unspecified atom stereocenters. The minimum Gasteiger partial charge on any atom is -0.317 e. The second kappa shape index (κ2) is 7.05. The van der Waals surface area contributed by atoms with Crippen LogP contribution in [0.2, 0.25) is 0 Å². The van der Waals surface area contributed by atoms with Gasteiger partial charge in [0.25, 0.3) is 0 Å². The van der Waals surface area contributed by atoms with Gasteiger partial charge in [-0.05, 0) is 64.2 Å². The molecule has 3 aliphatic rings. The third kappa shape index (κ3) is 3.93. The molecule has 2 heterocycles. The monoisotopic (exact) mass is 265 g/mol. The number of nitrogens with one attached hydrogen (secondary N) is 1. The fourth-order valence-electron chi connectivity index (χ4n) is 4.24. The van der Waals surface area contributed by atoms with E-state index in [1.165, 1.54) is 90.8 Å². The molecule has 3 nitrogen and oxygen atoms in total. The van der Waals surface area contributed by atoms with Gasteiger partial charge < -0.3 is 10.2 Å². The number of hydrogen-bond donors (Lipinski definition) is 1. The molecule has 0 aromatic rings. The standard InChI is InChI=1S/C16H31N3/c1-2-5-16(4-1)19-11-3-10-18(12-13-19)14-15-6-8-17-9-7-15/h15-17H,1-14H2. The molecule has 110 valence electrons. The molecule has 0 aromatic heterocycles. The van der Waals surface area contributed by atoms with E-state index in [0.29, 0.717) is 0 Å². The Morgan fingerprint density at radius 1 is 0.789 bits per heavy atom. The zero-order valence-electron chi connectivity index (χ0n) is 12.4. The summed E-state index contributed by atoms with van der Waals surface area (Å²) in [5.74, 6) is 0.958. The first-order valence-electron chi connectivity index (χ1n) is 8.59. The molecule has 0 atom stereocenters. The molecular weight excluding hydrogens is 234 g/mol. The lowest BCUT2D eigenvalue weighted by Gasteiger charge is -2.30. The van der Waals surface area contributed by atoms with E-state index in [1.807, 2.05) is 0 Å². The van der Waals surface area contributed by atoms with Crippen molar-refractivity contribution in [1.29, 1.82) is 0 Å². The highest BCUT2D eigenvalue weighted by atomic mass is 15.2. The molecule has 19 heavy (non-hydrogen) atoms. The van der Waals surface area contributed by atoms with Gasteiger partial charge in [0.1, 0.15) is 0 Å². The van der Waals surface area contributed by atoms with E-state index >= 15 is 0 Å². The lowest BCUT2D eigenvalue weighted by atomic mass is 9.97. The van der Waals surface area contributed by atoms with E-state index in [2.05, 4.69) is 15.1 Å². The molecule has 3 heteroatoms. The predicted octanol–water partition coefficient (Wildman–Crippen LogP) is 1.94. The van der Waals surface area contributed by atoms with Crippen LogP contribution in [0.5, 0.6) is 0 Å². The molecule has 1 aliphatic carbocycles. The lowest BCUT2D eigenvalue weighted by molar-refractivity contribution is 0.184. The fourth-order valence-corrected chi connectivity index (χ4v) is 4.24. The zero-order chi connectivity index (χ0) is 12.9. The van der Waals surface area contributed by atoms with Gasteiger partial charge in [0.05, 0.1) is 0 Å². The summed E-state index contributed by atoms with van der Waals surface area (Å²) in [6.07, 6.45) is 10.1. The highest BCUT2D eigenvalue weighted by Gasteiger charge is 2.25. The van der Waals surface area contributed by atoms with Crippen LogP contribution in [0.15, 0.2) is 0 Å². The van der Waals surface area contributed by atoms with Gasteiger partial charge in [0, 0.05) is 25.7 Å². The van der Waals surface area contributed by atoms with E-state index < -0.39 is 0 Å². The maximum atomic E-state index is 3.48. The molecule has 0 spiro atoms. The zero-order valence-corrected chi connectivity index (χ0v) is 12.4. The van der Waals surface area contributed by atoms with Gasteiger partial charge in [-0.25, -0.2) is 0 Å². The first kappa shape index (κ1) is 13.8. The third-order valence-corrected chi connectivity index (χ3v) is 5.44. The SMILES string of the molecule is C1CCC(N2CCCN(CC3CCNCC3)CC2)C1. The highest BCUT2D eigenvalue weighted by Crippen LogP contribution is 2.24. The van der Waals surface area contributed by atoms with Gasteiger partial charge in [-0.1, -0.05) is 12.8 Å². The molecule has 3 fully saturated rings. The van der Waals surface area contributed by atoms with E-state index in [-0.39, 0.29) is 0 Å². The van der Waals surface area contributed by atoms with Crippen molar-refractivity contribution in [2.75, 3.05) is 45.8 Å². The average molecular weight is 265 g/mol. The molecule has 1 N–H and O–H groups in total. The van der Waals surface area contributed by atoms with Crippen molar-refractivity contribution in [3.05, 3.63) is 0 Å². The Bertz CT molecular complexity index is 257. The van der Waals surface area contributed by atoms with Crippen molar-refractivity contribution in [1.82, 2.24) is 15.1 Å². The van der Waals surface area contributed by atoms with Crippen molar-refractivity contribution in [2.24, 2.45) is 5.92 Å². The maximum absolute atomic E-state index is 3.48. The summed E-state index contributed by atoms with van der Waals surface area (Å²) in [6, 6.07) is 0.929. The van der Waals surface area contributed by atoms with E-state index in [9.17, 15) is 0 Å². The fraction of sp³-hybridized carbons (Fsp3) is 1.00. The quantitative estimate of drug-likeness (QED) is 0.841. The highest BCUT2D eigenvalue weighted by molar-refractivity contribution is 4.81. The third-order valence-electron chi connectivity index (χ3n) is 5.44. The molecule has 2 aliphatic heterocycles. The molecular formula is C16H31N3. The Morgan fingerprint density at radius 3 is 2.37 bits per heavy atom. The van der Waals surface area contributed by atoms with Crippen LogP contribution in [0.1, 0.15) is 44.9 Å². The van der Waals surface area contributed by atoms with Crippen LogP contribution in [0.3, 0.4) is 0 Å². The van der Waals surface area contributed by atoms with Gasteiger partial charge in [-0.2, -0.15) is 0 Å². The summed E-state index contributed by atoms with van der Waals surface area (Å²) in [7, 11) is 0. The minimum absolute atomic E-state index is 0.929. The summed E-state index contributed by atoms with van der Waals surface area (Å²) in [4.78, 5) is 5.56. The Morgan fingerprint density at radius 2 is 1.58 bits per heavy atom. The molecule has 1 saturated carbocycles. The Hall–Kier alpha value is -0.120. The van der Waals surface area contributed by atoms with Crippen LogP contribution >= 0.6 is 0 Å². The van der Waals surface area contributed by atoms with Crippen LogP contribution in [0.25, 0.3) is 0 Å². The largest absolute Gasteiger partial charge is 0.317 e. The van der Waals surface area contributed by atoms with Gasteiger partial charge in [-0.15, -0.1) is 0 Å². The van der Waals surface area contributed by atoms with Crippen molar-refractivity contribution in [3.8, 4) is 0 Å². The van der Waals surface area contributed by atoms with Crippen molar-refractivity contribution in [3.63, 3.8) is 0 Å². The first-order valence-corrected chi connectivity index (χ1v) is 8.59. The predicted molar refractivity (Wildman–Crippen MR) is 80.5 cm³/mol. The van der Waals surface area contributed by atoms with E-state index in [1.54, 1.807) is 0 Å². The van der Waals surface area contributed by atoms with Gasteiger partial charge in [0.15, 0.2) is 0 Å². The Balaban J connectivity index is 1.44. The topological polar surface area (TPSA) is 18.5 Å². The smallest absolute Gasteiger partial charge is 0.0112 e. The number of nitrogens with zero attached hydrogens (tertiary/aromatic N) is 2. The molecule has 0 bridgehead atoms. The van der Waals surface area contributed by atoms with Crippen LogP contribution in [-0.4, -0.2) is 61.7 Å². The maximum Gasteiger partial charge on any atom is 0.0112 e. The lowest BCUT2D eigenvalue weighted by Crippen LogP contribution is -2.39. The molecule has 0 radical (unpaired) electrons. The molecule has 0 aromatic carbocycles. The second-order valence-corrected chi connectivity index (χ2v) is 6.82. The number of rotatable bonds is 3. The average Bonchev–Trinajstić information content (AvgIpc) is 2.88. The summed E-state index contributed by atoms with van der Waals surface area (Å²) >= 11 is 0. The van der Waals surface area contributed by atoms with E-state index in [0.717, 1.165) is 12.0 Å². The number of piperidine rings is 1. The number of hydrogen-bond acceptors (Lipinski definition) is 3. The van der Waals surface area contributed by atoms with Crippen LogP contribution in [-0.2, 0) is 0 Å².